The third-order valence-electron chi connectivity index (χ3n) is 4.70. The molecule has 1 atom stereocenters. The lowest BCUT2D eigenvalue weighted by Gasteiger charge is -2.23. The molecule has 0 saturated heterocycles. The highest BCUT2D eigenvalue weighted by Crippen LogP contribution is 2.23. The monoisotopic (exact) mass is 348 g/mol. The van der Waals surface area contributed by atoms with Crippen molar-refractivity contribution in [2.24, 2.45) is 5.92 Å². The molecule has 0 radical (unpaired) electrons. The average Bonchev–Trinajstić information content (AvgIpc) is 2.65. The van der Waals surface area contributed by atoms with Crippen molar-refractivity contribution in [3.05, 3.63) is 81.8 Å². The number of benzene rings is 2. The lowest BCUT2D eigenvalue weighted by molar-refractivity contribution is 0.0920. The standard InChI is InChI=1S/C22H24N2O2/c1-4-15-9-11-16(12-10-15)20(14(2)3)24-22(26)19-13-17-7-5-6-8-18(17)21(25)23-19/h5-14,20H,4H2,1-3H3,(H,23,25)(H,24,26)/t20-/m1/s1. The molecule has 0 aliphatic carbocycles. The number of carbonyl (C=O) groups excluding carboxylic acids is 1. The third-order valence-corrected chi connectivity index (χ3v) is 4.70. The van der Waals surface area contributed by atoms with E-state index in [0.29, 0.717) is 5.39 Å². The van der Waals surface area contributed by atoms with Crippen LogP contribution in [0.15, 0.2) is 59.4 Å². The first-order chi connectivity index (χ1) is 12.5. The number of hydrogen-bond donors (Lipinski definition) is 2. The van der Waals surface area contributed by atoms with Gasteiger partial charge >= 0.3 is 0 Å². The van der Waals surface area contributed by atoms with Gasteiger partial charge in [0.05, 0.1) is 6.04 Å². The van der Waals surface area contributed by atoms with Gasteiger partial charge in [-0.3, -0.25) is 9.59 Å². The number of aromatic amines is 1. The molecule has 0 aliphatic heterocycles. The zero-order valence-corrected chi connectivity index (χ0v) is 15.4. The minimum absolute atomic E-state index is 0.122. The Morgan fingerprint density at radius 3 is 2.42 bits per heavy atom. The smallest absolute Gasteiger partial charge is 0.268 e. The van der Waals surface area contributed by atoms with E-state index in [4.69, 9.17) is 0 Å². The minimum Gasteiger partial charge on any atom is -0.344 e. The molecule has 3 aromatic rings. The van der Waals surface area contributed by atoms with Crippen molar-refractivity contribution in [1.82, 2.24) is 10.3 Å². The van der Waals surface area contributed by atoms with Gasteiger partial charge in [-0.25, -0.2) is 0 Å². The predicted octanol–water partition coefficient (Wildman–Crippen LogP) is 4.22. The Kier molecular flexibility index (Phi) is 5.21. The van der Waals surface area contributed by atoms with E-state index < -0.39 is 0 Å². The maximum Gasteiger partial charge on any atom is 0.268 e. The number of hydrogen-bond acceptors (Lipinski definition) is 2. The van der Waals surface area contributed by atoms with Crippen molar-refractivity contribution in [3.63, 3.8) is 0 Å². The maximum absolute atomic E-state index is 12.8. The van der Waals surface area contributed by atoms with Crippen LogP contribution in [0.1, 0.15) is 48.4 Å². The summed E-state index contributed by atoms with van der Waals surface area (Å²) in [7, 11) is 0. The van der Waals surface area contributed by atoms with Gasteiger partial charge in [0.25, 0.3) is 11.5 Å². The molecule has 0 unspecified atom stereocenters. The van der Waals surface area contributed by atoms with Gasteiger partial charge in [0.2, 0.25) is 0 Å². The van der Waals surface area contributed by atoms with Gasteiger partial charge in [0, 0.05) is 5.39 Å². The molecule has 2 N–H and O–H groups in total. The van der Waals surface area contributed by atoms with Crippen molar-refractivity contribution in [2.45, 2.75) is 33.2 Å². The van der Waals surface area contributed by atoms with Crippen LogP contribution in [0.4, 0.5) is 0 Å². The van der Waals surface area contributed by atoms with Gasteiger partial charge in [0.15, 0.2) is 0 Å². The number of fused-ring (bicyclic) bond motifs is 1. The van der Waals surface area contributed by atoms with Crippen molar-refractivity contribution in [3.8, 4) is 0 Å². The fraction of sp³-hybridized carbons (Fsp3) is 0.273. The molecule has 0 bridgehead atoms. The van der Waals surface area contributed by atoms with Crippen LogP contribution in [-0.4, -0.2) is 10.9 Å². The Morgan fingerprint density at radius 1 is 1.08 bits per heavy atom. The number of H-pyrrole nitrogens is 1. The number of carbonyl (C=O) groups is 1. The lowest BCUT2D eigenvalue weighted by atomic mass is 9.94. The molecule has 3 rings (SSSR count). The third kappa shape index (κ3) is 3.69. The summed E-state index contributed by atoms with van der Waals surface area (Å²) in [6.07, 6.45) is 0.983. The van der Waals surface area contributed by atoms with Crippen LogP contribution in [0.2, 0.25) is 0 Å². The Bertz CT molecular complexity index is 971. The maximum atomic E-state index is 12.8. The molecule has 26 heavy (non-hydrogen) atoms. The zero-order valence-electron chi connectivity index (χ0n) is 15.4. The number of aryl methyl sites for hydroxylation is 1. The summed E-state index contributed by atoms with van der Waals surface area (Å²) >= 11 is 0. The van der Waals surface area contributed by atoms with E-state index in [-0.39, 0.29) is 29.1 Å². The van der Waals surface area contributed by atoms with Gasteiger partial charge in [-0.1, -0.05) is 63.2 Å². The molecule has 134 valence electrons. The van der Waals surface area contributed by atoms with Gasteiger partial charge < -0.3 is 10.3 Å². The van der Waals surface area contributed by atoms with Crippen LogP contribution in [-0.2, 0) is 6.42 Å². The second kappa shape index (κ2) is 7.56. The van der Waals surface area contributed by atoms with Gasteiger partial charge in [-0.05, 0) is 41.0 Å². The summed E-state index contributed by atoms with van der Waals surface area (Å²) in [6.45, 7) is 6.26. The zero-order chi connectivity index (χ0) is 18.7. The summed E-state index contributed by atoms with van der Waals surface area (Å²) in [6, 6.07) is 17.2. The number of rotatable bonds is 5. The van der Waals surface area contributed by atoms with Gasteiger partial charge in [0.1, 0.15) is 5.69 Å². The second-order valence-corrected chi connectivity index (χ2v) is 6.89. The Morgan fingerprint density at radius 2 is 1.77 bits per heavy atom. The largest absolute Gasteiger partial charge is 0.344 e. The van der Waals surface area contributed by atoms with Crippen molar-refractivity contribution in [2.75, 3.05) is 0 Å². The van der Waals surface area contributed by atoms with E-state index in [0.717, 1.165) is 17.4 Å². The molecule has 0 fully saturated rings. The van der Waals surface area contributed by atoms with Crippen molar-refractivity contribution in [1.29, 1.82) is 0 Å². The Hall–Kier alpha value is -2.88. The van der Waals surface area contributed by atoms with Gasteiger partial charge in [-0.2, -0.15) is 0 Å². The molecule has 0 aliphatic rings. The van der Waals surface area contributed by atoms with Gasteiger partial charge in [-0.15, -0.1) is 0 Å². The molecular weight excluding hydrogens is 324 g/mol. The minimum atomic E-state index is -0.272. The summed E-state index contributed by atoms with van der Waals surface area (Å²) in [5.74, 6) is -0.0512. The van der Waals surface area contributed by atoms with E-state index in [1.54, 1.807) is 12.1 Å². The highest BCUT2D eigenvalue weighted by Gasteiger charge is 2.20. The molecule has 0 spiro atoms. The first-order valence-electron chi connectivity index (χ1n) is 9.01. The fourth-order valence-electron chi connectivity index (χ4n) is 3.15. The summed E-state index contributed by atoms with van der Waals surface area (Å²) in [5.41, 5.74) is 2.36. The number of aromatic nitrogens is 1. The molecule has 2 aromatic carbocycles. The lowest BCUT2D eigenvalue weighted by Crippen LogP contribution is -2.33. The van der Waals surface area contributed by atoms with Crippen LogP contribution in [0.5, 0.6) is 0 Å². The predicted molar refractivity (Wildman–Crippen MR) is 105 cm³/mol. The number of pyridine rings is 1. The second-order valence-electron chi connectivity index (χ2n) is 6.89. The quantitative estimate of drug-likeness (QED) is 0.725. The number of amides is 1. The summed E-state index contributed by atoms with van der Waals surface area (Å²) in [4.78, 5) is 27.7. The number of nitrogens with one attached hydrogen (secondary N) is 2. The highest BCUT2D eigenvalue weighted by atomic mass is 16.2. The molecule has 4 nitrogen and oxygen atoms in total. The normalized spacial score (nSPS) is 12.3. The van der Waals surface area contributed by atoms with E-state index >= 15 is 0 Å². The van der Waals surface area contributed by atoms with Crippen molar-refractivity contribution < 1.29 is 4.79 Å². The van der Waals surface area contributed by atoms with Crippen LogP contribution < -0.4 is 10.9 Å². The summed E-state index contributed by atoms with van der Waals surface area (Å²) < 4.78 is 0. The van der Waals surface area contributed by atoms with Crippen LogP contribution in [0.3, 0.4) is 0 Å². The van der Waals surface area contributed by atoms with Crippen LogP contribution in [0.25, 0.3) is 10.8 Å². The van der Waals surface area contributed by atoms with Crippen LogP contribution >= 0.6 is 0 Å². The van der Waals surface area contributed by atoms with E-state index in [1.165, 1.54) is 5.56 Å². The topological polar surface area (TPSA) is 62.0 Å². The van der Waals surface area contributed by atoms with Crippen LogP contribution in [0, 0.1) is 5.92 Å². The fourth-order valence-corrected chi connectivity index (χ4v) is 3.15. The molecule has 1 aromatic heterocycles. The van der Waals surface area contributed by atoms with E-state index in [2.05, 4.69) is 55.3 Å². The molecule has 1 amide bonds. The average molecular weight is 348 g/mol. The summed E-state index contributed by atoms with van der Waals surface area (Å²) in [5, 5.41) is 4.41. The SMILES string of the molecule is CCc1ccc([C@H](NC(=O)c2cc3ccccc3c(=O)[nH]2)C(C)C)cc1. The molecule has 1 heterocycles. The molecule has 4 heteroatoms. The first kappa shape index (κ1) is 17.9. The Labute approximate surface area is 153 Å². The molecule has 0 saturated carbocycles. The molecular formula is C22H24N2O2. The Balaban J connectivity index is 1.89. The van der Waals surface area contributed by atoms with Crippen molar-refractivity contribution >= 4 is 16.7 Å². The van der Waals surface area contributed by atoms with E-state index in [9.17, 15) is 9.59 Å². The van der Waals surface area contributed by atoms with E-state index in [1.807, 2.05) is 18.2 Å². The first-order valence-corrected chi connectivity index (χ1v) is 9.01. The highest BCUT2D eigenvalue weighted by molar-refractivity contribution is 5.96.